The number of carbonyl (C=O) groups is 1. The van der Waals surface area contributed by atoms with Crippen LogP contribution in [0.5, 0.6) is 11.6 Å². The van der Waals surface area contributed by atoms with Crippen LogP contribution in [0, 0.1) is 0 Å². The normalized spacial score (nSPS) is 18.8. The third-order valence-electron chi connectivity index (χ3n) is 3.50. The molecule has 1 aliphatic rings. The Morgan fingerprint density at radius 1 is 1.27 bits per heavy atom. The fourth-order valence-corrected chi connectivity index (χ4v) is 2.39. The van der Waals surface area contributed by atoms with Gasteiger partial charge in [0.2, 0.25) is 5.88 Å². The van der Waals surface area contributed by atoms with Crippen molar-refractivity contribution in [2.24, 2.45) is 0 Å². The number of carbonyl (C=O) groups excluding carboxylic acids is 1. The van der Waals surface area contributed by atoms with Crippen molar-refractivity contribution in [2.75, 3.05) is 19.7 Å². The number of ether oxygens (including phenoxy) is 2. The van der Waals surface area contributed by atoms with Gasteiger partial charge in [0.15, 0.2) is 0 Å². The summed E-state index contributed by atoms with van der Waals surface area (Å²) >= 11 is 0. The second kappa shape index (κ2) is 7.15. The van der Waals surface area contributed by atoms with Crippen LogP contribution < -0.4 is 4.74 Å². The minimum Gasteiger partial charge on any atom is -0.439 e. The van der Waals surface area contributed by atoms with Gasteiger partial charge in [-0.2, -0.15) is 0 Å². The number of pyridine rings is 1. The van der Waals surface area contributed by atoms with Crippen LogP contribution >= 0.6 is 0 Å². The molecule has 114 valence electrons. The van der Waals surface area contributed by atoms with E-state index in [0.717, 1.165) is 30.7 Å². The maximum absolute atomic E-state index is 10.8. The van der Waals surface area contributed by atoms with Gasteiger partial charge in [-0.05, 0) is 17.7 Å². The van der Waals surface area contributed by atoms with Crippen LogP contribution in [0.15, 0.2) is 48.7 Å². The number of para-hydroxylation sites is 1. The van der Waals surface area contributed by atoms with Crippen molar-refractivity contribution in [3.63, 3.8) is 0 Å². The predicted octanol–water partition coefficient (Wildman–Crippen LogP) is 2.27. The first-order chi connectivity index (χ1) is 10.8. The van der Waals surface area contributed by atoms with E-state index in [4.69, 9.17) is 9.47 Å². The predicted molar refractivity (Wildman–Crippen MR) is 81.8 cm³/mol. The number of hydrogen-bond acceptors (Lipinski definition) is 5. The molecule has 0 unspecified atom stereocenters. The van der Waals surface area contributed by atoms with Gasteiger partial charge in [0.05, 0.1) is 6.61 Å². The van der Waals surface area contributed by atoms with Gasteiger partial charge in [-0.3, -0.25) is 4.90 Å². The van der Waals surface area contributed by atoms with Crippen molar-refractivity contribution < 1.29 is 14.3 Å². The van der Waals surface area contributed by atoms with Crippen LogP contribution in [0.25, 0.3) is 0 Å². The van der Waals surface area contributed by atoms with Crippen LogP contribution in [0.1, 0.15) is 5.56 Å². The number of nitrogens with zero attached hydrogens (tertiary/aromatic N) is 2. The molecule has 2 heterocycles. The molecular formula is C17H18N2O3. The smallest absolute Gasteiger partial charge is 0.219 e. The molecule has 0 spiro atoms. The summed E-state index contributed by atoms with van der Waals surface area (Å²) in [6.07, 6.45) is 2.35. The summed E-state index contributed by atoms with van der Waals surface area (Å²) in [5, 5.41) is 0. The van der Waals surface area contributed by atoms with E-state index < -0.39 is 0 Å². The lowest BCUT2D eigenvalue weighted by Gasteiger charge is -2.30. The van der Waals surface area contributed by atoms with Crippen LogP contribution in [-0.2, 0) is 16.1 Å². The van der Waals surface area contributed by atoms with Crippen LogP contribution in [0.4, 0.5) is 0 Å². The highest BCUT2D eigenvalue weighted by atomic mass is 16.5. The molecule has 1 aromatic carbocycles. The fourth-order valence-electron chi connectivity index (χ4n) is 2.39. The Morgan fingerprint density at radius 3 is 2.86 bits per heavy atom. The summed E-state index contributed by atoms with van der Waals surface area (Å²) < 4.78 is 11.0. The number of benzene rings is 1. The minimum atomic E-state index is -0.317. The zero-order valence-electron chi connectivity index (χ0n) is 12.2. The summed E-state index contributed by atoms with van der Waals surface area (Å²) in [7, 11) is 0. The molecule has 22 heavy (non-hydrogen) atoms. The molecule has 1 fully saturated rings. The molecule has 0 radical (unpaired) electrons. The molecule has 0 aliphatic carbocycles. The third kappa shape index (κ3) is 3.90. The van der Waals surface area contributed by atoms with Gasteiger partial charge in [0.25, 0.3) is 0 Å². The monoisotopic (exact) mass is 298 g/mol. The molecule has 5 heteroatoms. The lowest BCUT2D eigenvalue weighted by Crippen LogP contribution is -2.42. The highest BCUT2D eigenvalue weighted by Crippen LogP contribution is 2.19. The zero-order valence-corrected chi connectivity index (χ0v) is 12.2. The number of aromatic nitrogens is 1. The van der Waals surface area contributed by atoms with Gasteiger partial charge in [0, 0.05) is 31.9 Å². The molecule has 0 N–H and O–H groups in total. The third-order valence-corrected chi connectivity index (χ3v) is 3.50. The lowest BCUT2D eigenvalue weighted by molar-refractivity contribution is -0.123. The topological polar surface area (TPSA) is 51.7 Å². The molecule has 1 atom stereocenters. The molecule has 0 saturated carbocycles. The summed E-state index contributed by atoms with van der Waals surface area (Å²) in [5.41, 5.74) is 1.09. The van der Waals surface area contributed by atoms with E-state index in [1.807, 2.05) is 48.7 Å². The number of morpholine rings is 1. The van der Waals surface area contributed by atoms with Gasteiger partial charge in [-0.15, -0.1) is 0 Å². The number of hydrogen-bond donors (Lipinski definition) is 0. The summed E-state index contributed by atoms with van der Waals surface area (Å²) in [6.45, 7) is 2.80. The highest BCUT2D eigenvalue weighted by Gasteiger charge is 2.19. The van der Waals surface area contributed by atoms with Crippen molar-refractivity contribution in [1.82, 2.24) is 9.88 Å². The molecular weight excluding hydrogens is 280 g/mol. The Bertz CT molecular complexity index is 601. The molecule has 1 aliphatic heterocycles. The molecule has 3 rings (SSSR count). The van der Waals surface area contributed by atoms with E-state index in [-0.39, 0.29) is 6.10 Å². The second-order valence-electron chi connectivity index (χ2n) is 5.20. The van der Waals surface area contributed by atoms with Crippen LogP contribution in [-0.4, -0.2) is 42.0 Å². The standard InChI is InChI=1S/C17H18N2O3/c20-13-16-12-19(8-9-21-16)11-14-6-7-17(18-10-14)22-15-4-2-1-3-5-15/h1-7,10,13,16H,8-9,11-12H2/t16-/m0/s1. The molecule has 0 bridgehead atoms. The van der Waals surface area contributed by atoms with Gasteiger partial charge >= 0.3 is 0 Å². The van der Waals surface area contributed by atoms with Crippen molar-refractivity contribution >= 4 is 6.29 Å². The van der Waals surface area contributed by atoms with Crippen LogP contribution in [0.2, 0.25) is 0 Å². The first-order valence-corrected chi connectivity index (χ1v) is 7.30. The average molecular weight is 298 g/mol. The highest BCUT2D eigenvalue weighted by molar-refractivity contribution is 5.56. The Morgan fingerprint density at radius 2 is 2.14 bits per heavy atom. The van der Waals surface area contributed by atoms with Gasteiger partial charge in [-0.25, -0.2) is 4.98 Å². The lowest BCUT2D eigenvalue weighted by atomic mass is 10.2. The van der Waals surface area contributed by atoms with Crippen molar-refractivity contribution in [3.8, 4) is 11.6 Å². The second-order valence-corrected chi connectivity index (χ2v) is 5.20. The molecule has 5 nitrogen and oxygen atoms in total. The number of aldehydes is 1. The van der Waals surface area contributed by atoms with E-state index in [1.165, 1.54) is 0 Å². The van der Waals surface area contributed by atoms with E-state index in [1.54, 1.807) is 0 Å². The Labute approximate surface area is 129 Å². The SMILES string of the molecule is O=C[C@@H]1CN(Cc2ccc(Oc3ccccc3)nc2)CCO1. The van der Waals surface area contributed by atoms with E-state index >= 15 is 0 Å². The van der Waals surface area contributed by atoms with Crippen LogP contribution in [0.3, 0.4) is 0 Å². The van der Waals surface area contributed by atoms with Gasteiger partial charge < -0.3 is 14.3 Å². The summed E-state index contributed by atoms with van der Waals surface area (Å²) in [5.74, 6) is 1.34. The fraction of sp³-hybridized carbons (Fsp3) is 0.294. The quantitative estimate of drug-likeness (QED) is 0.793. The summed E-state index contributed by atoms with van der Waals surface area (Å²) in [4.78, 5) is 17.3. The van der Waals surface area contributed by atoms with E-state index in [9.17, 15) is 4.79 Å². The first-order valence-electron chi connectivity index (χ1n) is 7.30. The zero-order chi connectivity index (χ0) is 15.2. The molecule has 2 aromatic rings. The minimum absolute atomic E-state index is 0.317. The van der Waals surface area contributed by atoms with Crippen molar-refractivity contribution in [2.45, 2.75) is 12.6 Å². The largest absolute Gasteiger partial charge is 0.439 e. The maximum atomic E-state index is 10.8. The Balaban J connectivity index is 1.58. The maximum Gasteiger partial charge on any atom is 0.219 e. The summed E-state index contributed by atoms with van der Waals surface area (Å²) in [6, 6.07) is 13.4. The van der Waals surface area contributed by atoms with Crippen molar-refractivity contribution in [3.05, 3.63) is 54.2 Å². The molecule has 1 aromatic heterocycles. The average Bonchev–Trinajstić information content (AvgIpc) is 2.58. The first kappa shape index (κ1) is 14.7. The van der Waals surface area contributed by atoms with Crippen molar-refractivity contribution in [1.29, 1.82) is 0 Å². The Kier molecular flexibility index (Phi) is 4.78. The Hall–Kier alpha value is -2.24. The van der Waals surface area contributed by atoms with Gasteiger partial charge in [0.1, 0.15) is 18.1 Å². The number of rotatable bonds is 5. The van der Waals surface area contributed by atoms with Gasteiger partial charge in [-0.1, -0.05) is 24.3 Å². The van der Waals surface area contributed by atoms with E-state index in [0.29, 0.717) is 19.0 Å². The molecule has 1 saturated heterocycles. The molecule has 0 amide bonds. The van der Waals surface area contributed by atoms with E-state index in [2.05, 4.69) is 9.88 Å².